The van der Waals surface area contributed by atoms with E-state index in [1.54, 1.807) is 36.7 Å². The number of aryl methyl sites for hydroxylation is 1. The standard InChI is InChI=1S/C55H54N4O8/c60-47-34-45(31-38-11-18-43(19-12-38)44-25-28-56-29-26-44)54(65)59-50(33-40-13-20-42(21-14-40)41-9-5-2-6-10-41)55(66)58-49(24-17-37-7-3-1-4-8-37)51(61)35-46(53(64)57-30-27-52(62)63)32-39-15-22-48(23-16-39)67-36-47/h1-16,18-23,25-26,28-29,45-46,49-50H,17,24,27,30-36H2,(H,57,64)(H,58,66)(H,59,65)(H,62,63)/t45-,46-,49+,50-/m1/s1. The molecule has 3 amide bonds. The van der Waals surface area contributed by atoms with Crippen molar-refractivity contribution in [2.75, 3.05) is 13.2 Å². The van der Waals surface area contributed by atoms with Crippen molar-refractivity contribution >= 4 is 35.3 Å². The van der Waals surface area contributed by atoms with Crippen LogP contribution in [-0.4, -0.2) is 70.6 Å². The van der Waals surface area contributed by atoms with E-state index in [4.69, 9.17) is 4.74 Å². The molecule has 0 saturated carbocycles. The van der Waals surface area contributed by atoms with Crippen molar-refractivity contribution in [2.45, 2.75) is 63.5 Å². The summed E-state index contributed by atoms with van der Waals surface area (Å²) >= 11 is 0. The quantitative estimate of drug-likeness (QED) is 0.0934. The average molecular weight is 899 g/mol. The number of pyridine rings is 1. The lowest BCUT2D eigenvalue weighted by molar-refractivity contribution is -0.137. The molecule has 2 bridgehead atoms. The van der Waals surface area contributed by atoms with Gasteiger partial charge >= 0.3 is 5.97 Å². The van der Waals surface area contributed by atoms with Crippen molar-refractivity contribution in [3.05, 3.63) is 180 Å². The second-order valence-corrected chi connectivity index (χ2v) is 16.9. The number of aliphatic carboxylic acids is 1. The van der Waals surface area contributed by atoms with Crippen molar-refractivity contribution in [3.63, 3.8) is 0 Å². The molecule has 3 heterocycles. The average Bonchev–Trinajstić information content (AvgIpc) is 3.35. The highest BCUT2D eigenvalue weighted by molar-refractivity contribution is 5.96. The maximum Gasteiger partial charge on any atom is 0.305 e. The Morgan fingerprint density at radius 2 is 1.19 bits per heavy atom. The molecule has 0 aliphatic carbocycles. The zero-order valence-electron chi connectivity index (χ0n) is 37.1. The van der Waals surface area contributed by atoms with E-state index in [1.807, 2.05) is 121 Å². The number of fused-ring (bicyclic) bond motifs is 16. The summed E-state index contributed by atoms with van der Waals surface area (Å²) < 4.78 is 5.90. The number of hydrogen-bond acceptors (Lipinski definition) is 8. The first-order valence-corrected chi connectivity index (χ1v) is 22.6. The summed E-state index contributed by atoms with van der Waals surface area (Å²) in [6.45, 7) is -0.437. The zero-order valence-corrected chi connectivity index (χ0v) is 37.1. The van der Waals surface area contributed by atoms with Crippen LogP contribution in [0.25, 0.3) is 22.3 Å². The van der Waals surface area contributed by atoms with Gasteiger partial charge < -0.3 is 25.8 Å². The second-order valence-electron chi connectivity index (χ2n) is 16.9. The monoisotopic (exact) mass is 898 g/mol. The summed E-state index contributed by atoms with van der Waals surface area (Å²) in [5.41, 5.74) is 7.13. The van der Waals surface area contributed by atoms with E-state index in [9.17, 15) is 33.9 Å². The van der Waals surface area contributed by atoms with Crippen LogP contribution in [0.1, 0.15) is 47.9 Å². The van der Waals surface area contributed by atoms with Crippen molar-refractivity contribution in [1.82, 2.24) is 20.9 Å². The normalized spacial score (nSPS) is 18.3. The molecule has 12 nitrogen and oxygen atoms in total. The number of nitrogens with zero attached hydrogens (tertiary/aromatic N) is 1. The van der Waals surface area contributed by atoms with Crippen molar-refractivity contribution in [1.29, 1.82) is 0 Å². The minimum atomic E-state index is -1.17. The fraction of sp³-hybridized carbons (Fsp3) is 0.255. The minimum absolute atomic E-state index is 0.0687. The molecule has 2 aliphatic heterocycles. The highest BCUT2D eigenvalue weighted by Crippen LogP contribution is 2.24. The predicted molar refractivity (Wildman–Crippen MR) is 255 cm³/mol. The van der Waals surface area contributed by atoms with E-state index >= 15 is 0 Å². The fourth-order valence-electron chi connectivity index (χ4n) is 8.24. The molecule has 0 saturated heterocycles. The van der Waals surface area contributed by atoms with Crippen LogP contribution in [0.3, 0.4) is 0 Å². The number of nitrogens with one attached hydrogen (secondary N) is 3. The Labute approximate surface area is 390 Å². The van der Waals surface area contributed by atoms with Gasteiger partial charge in [-0.3, -0.25) is 33.8 Å². The van der Waals surface area contributed by atoms with Crippen molar-refractivity contribution in [3.8, 4) is 28.0 Å². The second kappa shape index (κ2) is 23.5. The third-order valence-corrected chi connectivity index (χ3v) is 12.0. The molecule has 342 valence electrons. The summed E-state index contributed by atoms with van der Waals surface area (Å²) in [6, 6.07) is 43.2. The summed E-state index contributed by atoms with van der Waals surface area (Å²) in [4.78, 5) is 86.7. The molecule has 67 heavy (non-hydrogen) atoms. The lowest BCUT2D eigenvalue weighted by Crippen LogP contribution is -2.54. The number of aromatic nitrogens is 1. The lowest BCUT2D eigenvalue weighted by atomic mass is 9.89. The van der Waals surface area contributed by atoms with Gasteiger partial charge in [0.1, 0.15) is 18.4 Å². The summed E-state index contributed by atoms with van der Waals surface area (Å²) in [5.74, 6) is -4.81. The van der Waals surface area contributed by atoms with Gasteiger partial charge in [0, 0.05) is 50.0 Å². The molecule has 0 radical (unpaired) electrons. The number of Topliss-reactive ketones (excluding diaryl/α,β-unsaturated/α-hetero) is 2. The molecule has 0 fully saturated rings. The van der Waals surface area contributed by atoms with Crippen molar-refractivity contribution < 1.29 is 38.6 Å². The molecule has 0 unspecified atom stereocenters. The molecule has 12 heteroatoms. The van der Waals surface area contributed by atoms with Crippen molar-refractivity contribution in [2.24, 2.45) is 11.8 Å². The molecule has 8 rings (SSSR count). The number of carbonyl (C=O) groups excluding carboxylic acids is 5. The minimum Gasteiger partial charge on any atom is -0.486 e. The van der Waals surface area contributed by atoms with Gasteiger partial charge in [-0.15, -0.1) is 0 Å². The maximum atomic E-state index is 14.8. The Kier molecular flexibility index (Phi) is 16.5. The van der Waals surface area contributed by atoms with Gasteiger partial charge in [-0.2, -0.15) is 0 Å². The Balaban J connectivity index is 1.22. The molecule has 4 atom stereocenters. The third-order valence-electron chi connectivity index (χ3n) is 12.0. The van der Waals surface area contributed by atoms with E-state index in [1.165, 1.54) is 0 Å². The predicted octanol–water partition coefficient (Wildman–Crippen LogP) is 7.18. The maximum absolute atomic E-state index is 14.8. The molecule has 2 aliphatic rings. The van der Waals surface area contributed by atoms with Crippen LogP contribution >= 0.6 is 0 Å². The number of ether oxygens (including phenoxy) is 1. The molecule has 5 aromatic carbocycles. The number of rotatable bonds is 13. The first-order chi connectivity index (χ1) is 32.6. The number of carbonyl (C=O) groups is 6. The van der Waals surface area contributed by atoms with Crippen LogP contribution in [0.5, 0.6) is 5.75 Å². The van der Waals surface area contributed by atoms with E-state index in [0.29, 0.717) is 17.7 Å². The molecule has 6 aromatic rings. The van der Waals surface area contributed by atoms with Crippen LogP contribution < -0.4 is 20.7 Å². The number of amides is 3. The summed E-state index contributed by atoms with van der Waals surface area (Å²) in [5, 5.41) is 17.9. The van der Waals surface area contributed by atoms with Gasteiger partial charge in [-0.05, 0) is 94.5 Å². The largest absolute Gasteiger partial charge is 0.486 e. The van der Waals surface area contributed by atoms with E-state index in [2.05, 4.69) is 20.9 Å². The van der Waals surface area contributed by atoms with Gasteiger partial charge in [-0.1, -0.05) is 121 Å². The van der Waals surface area contributed by atoms with Crippen LogP contribution in [0, 0.1) is 11.8 Å². The third kappa shape index (κ3) is 14.1. The van der Waals surface area contributed by atoms with Gasteiger partial charge in [-0.25, -0.2) is 0 Å². The number of ketones is 2. The summed E-state index contributed by atoms with van der Waals surface area (Å²) in [7, 11) is 0. The highest BCUT2D eigenvalue weighted by atomic mass is 16.5. The molecular formula is C55H54N4O8. The van der Waals surface area contributed by atoms with Crippen LogP contribution in [0.2, 0.25) is 0 Å². The van der Waals surface area contributed by atoms with Gasteiger partial charge in [0.2, 0.25) is 17.7 Å². The van der Waals surface area contributed by atoms with Gasteiger partial charge in [0.25, 0.3) is 0 Å². The zero-order chi connectivity index (χ0) is 47.0. The van der Waals surface area contributed by atoms with E-state index in [-0.39, 0.29) is 63.9 Å². The molecule has 4 N–H and O–H groups in total. The SMILES string of the molecule is O=C(O)CCNC(=O)[C@H]1CC(=O)[C@H](CCc2ccccc2)NC(=O)[C@@H](Cc2ccc(-c3ccccc3)cc2)NC(=O)[C@H](Cc2ccc(-c3ccncc3)cc2)CC(=O)COc2ccc(cc2)C1. The Morgan fingerprint density at radius 1 is 0.612 bits per heavy atom. The molecule has 1 aromatic heterocycles. The fourth-order valence-corrected chi connectivity index (χ4v) is 8.24. The van der Waals surface area contributed by atoms with E-state index in [0.717, 1.165) is 38.9 Å². The molecule has 0 spiro atoms. The topological polar surface area (TPSA) is 181 Å². The highest BCUT2D eigenvalue weighted by Gasteiger charge is 2.33. The first kappa shape index (κ1) is 47.2. The summed E-state index contributed by atoms with van der Waals surface area (Å²) in [6.07, 6.45) is 3.72. The number of hydrogen-bond donors (Lipinski definition) is 4. The Morgan fingerprint density at radius 3 is 1.84 bits per heavy atom. The van der Waals surface area contributed by atoms with Gasteiger partial charge in [0.15, 0.2) is 11.6 Å². The number of carboxylic acids is 1. The number of carboxylic acid groups (broad SMARTS) is 1. The smallest absolute Gasteiger partial charge is 0.305 e. The Hall–Kier alpha value is -7.73. The van der Waals surface area contributed by atoms with Crippen LogP contribution in [-0.2, 0) is 54.5 Å². The van der Waals surface area contributed by atoms with Gasteiger partial charge in [0.05, 0.1) is 12.5 Å². The first-order valence-electron chi connectivity index (χ1n) is 22.6. The lowest BCUT2D eigenvalue weighted by Gasteiger charge is -2.26. The molecular weight excluding hydrogens is 845 g/mol. The Bertz CT molecular complexity index is 2610. The van der Waals surface area contributed by atoms with Crippen LogP contribution in [0.4, 0.5) is 0 Å². The number of benzene rings is 5. The van der Waals surface area contributed by atoms with Crippen LogP contribution in [0.15, 0.2) is 158 Å². The van der Waals surface area contributed by atoms with E-state index < -0.39 is 53.4 Å².